The van der Waals surface area contributed by atoms with Gasteiger partial charge >= 0.3 is 0 Å². The van der Waals surface area contributed by atoms with E-state index in [4.69, 9.17) is 0 Å². The molecule has 3 heteroatoms. The van der Waals surface area contributed by atoms with Gasteiger partial charge < -0.3 is 24.0 Å². The van der Waals surface area contributed by atoms with Crippen LogP contribution in [0.5, 0.6) is 0 Å². The van der Waals surface area contributed by atoms with Crippen LogP contribution in [0.4, 0.5) is 0 Å². The average molecular weight is 206 g/mol. The largest absolute Gasteiger partial charge is 1.00 e. The standard InChI is InChI=1S/C4H3N2.HI/c1-2-6-4-3-5-1;/h1-3H;1H/q+1;/p-1. The van der Waals surface area contributed by atoms with Crippen LogP contribution in [0.1, 0.15) is 0 Å². The fourth-order valence-electron chi connectivity index (χ4n) is 0.225. The normalized spacial score (nSPS) is 12.6. The topological polar surface area (TPSA) is 24.7 Å². The lowest BCUT2D eigenvalue weighted by atomic mass is 10.7. The third kappa shape index (κ3) is 2.42. The molecule has 0 aliphatic carbocycles. The first-order valence-electron chi connectivity index (χ1n) is 1.62. The summed E-state index contributed by atoms with van der Waals surface area (Å²) in [6.07, 6.45) is 7.24. The molecule has 7 heavy (non-hydrogen) atoms. The Balaban J connectivity index is 0.000000360. The van der Waals surface area contributed by atoms with Gasteiger partial charge in [-0.1, -0.05) is 0 Å². The Morgan fingerprint density at radius 1 is 1.29 bits per heavy atom. The minimum atomic E-state index is 0. The van der Waals surface area contributed by atoms with Crippen molar-refractivity contribution in [2.75, 3.05) is 0 Å². The van der Waals surface area contributed by atoms with E-state index >= 15 is 0 Å². The van der Waals surface area contributed by atoms with Crippen LogP contribution in [0.25, 0.3) is 0 Å². The number of aliphatic imine (C=N–C) groups is 2. The van der Waals surface area contributed by atoms with Crippen LogP contribution in [-0.4, -0.2) is 12.4 Å². The zero-order chi connectivity index (χ0) is 4.24. The molecule has 1 aliphatic rings. The maximum atomic E-state index is 3.67. The molecule has 0 saturated carbocycles. The Morgan fingerprint density at radius 2 is 2.14 bits per heavy atom. The minimum absolute atomic E-state index is 0. The molecule has 0 atom stereocenters. The van der Waals surface area contributed by atoms with Gasteiger partial charge in [-0.3, -0.25) is 0 Å². The van der Waals surface area contributed by atoms with Gasteiger partial charge in [0.2, 0.25) is 6.21 Å². The third-order valence-corrected chi connectivity index (χ3v) is 0.434. The van der Waals surface area contributed by atoms with Crippen molar-refractivity contribution in [3.8, 4) is 0 Å². The van der Waals surface area contributed by atoms with Gasteiger partial charge in [0.15, 0.2) is 12.4 Å². The van der Waals surface area contributed by atoms with Crippen molar-refractivity contribution in [3.63, 3.8) is 0 Å². The van der Waals surface area contributed by atoms with Gasteiger partial charge in [-0.05, 0) is 4.99 Å². The summed E-state index contributed by atoms with van der Waals surface area (Å²) in [6, 6.07) is 0. The van der Waals surface area contributed by atoms with Gasteiger partial charge in [0.1, 0.15) is 6.20 Å². The Labute approximate surface area is 59.1 Å². The fourth-order valence-corrected chi connectivity index (χ4v) is 0.225. The third-order valence-electron chi connectivity index (χ3n) is 0.434. The lowest BCUT2D eigenvalue weighted by molar-refractivity contribution is -0.00000120. The van der Waals surface area contributed by atoms with Crippen LogP contribution < -0.4 is 24.0 Å². The second-order valence-corrected chi connectivity index (χ2v) is 0.835. The number of hydrogen-bond acceptors (Lipinski definition) is 2. The second kappa shape index (κ2) is 3.89. The van der Waals surface area contributed by atoms with E-state index in [1.807, 2.05) is 0 Å². The zero-order valence-electron chi connectivity index (χ0n) is 3.50. The summed E-state index contributed by atoms with van der Waals surface area (Å²) in [4.78, 5) is 7.26. The molecule has 0 aromatic heterocycles. The lowest BCUT2D eigenvalue weighted by Crippen LogP contribution is -3.00. The van der Waals surface area contributed by atoms with E-state index in [-0.39, 0.29) is 24.0 Å². The van der Waals surface area contributed by atoms with Crippen molar-refractivity contribution in [1.29, 1.82) is 0 Å². The van der Waals surface area contributed by atoms with Crippen LogP contribution in [0, 0.1) is 0 Å². The molecule has 1 rings (SSSR count). The summed E-state index contributed by atoms with van der Waals surface area (Å²) in [5.41, 5.74) is 0. The number of hydrogen-bond donors (Lipinski definition) is 0. The van der Waals surface area contributed by atoms with Crippen molar-refractivity contribution in [2.45, 2.75) is 0 Å². The van der Waals surface area contributed by atoms with E-state index in [1.54, 1.807) is 12.4 Å². The van der Waals surface area contributed by atoms with Crippen LogP contribution >= 0.6 is 0 Å². The average Bonchev–Trinajstić information content (AvgIpc) is 1.72. The highest BCUT2D eigenvalue weighted by atomic mass is 127. The van der Waals surface area contributed by atoms with E-state index in [0.29, 0.717) is 0 Å². The molecule has 0 radical (unpaired) electrons. The molecule has 0 aromatic carbocycles. The summed E-state index contributed by atoms with van der Waals surface area (Å²) < 4.78 is 0. The number of rotatable bonds is 0. The molecule has 0 saturated heterocycles. The van der Waals surface area contributed by atoms with Crippen molar-refractivity contribution >= 4 is 12.4 Å². The first-order chi connectivity index (χ1) is 3.00. The van der Waals surface area contributed by atoms with Gasteiger partial charge in [0.25, 0.3) is 0 Å². The summed E-state index contributed by atoms with van der Waals surface area (Å²) in [6.45, 7) is 0. The molecule has 1 aliphatic heterocycles. The maximum absolute atomic E-state index is 3.67. The SMILES string of the molecule is [C+]1=NC=CN=C1.[I-]. The van der Waals surface area contributed by atoms with Crippen molar-refractivity contribution in [3.05, 3.63) is 12.4 Å². The molecule has 2 nitrogen and oxygen atoms in total. The molecular formula is C4H3IN2. The summed E-state index contributed by atoms with van der Waals surface area (Å²) in [5, 5.41) is 0. The summed E-state index contributed by atoms with van der Waals surface area (Å²) in [5.74, 6) is 0. The van der Waals surface area contributed by atoms with E-state index in [9.17, 15) is 0 Å². The Kier molecular flexibility index (Phi) is 3.74. The molecular weight excluding hydrogens is 203 g/mol. The molecule has 0 fully saturated rings. The van der Waals surface area contributed by atoms with Crippen molar-refractivity contribution < 1.29 is 24.0 Å². The first-order valence-corrected chi connectivity index (χ1v) is 1.62. The Hall–Kier alpha value is -0.280. The van der Waals surface area contributed by atoms with Gasteiger partial charge in [-0.2, -0.15) is 0 Å². The zero-order valence-corrected chi connectivity index (χ0v) is 5.66. The van der Waals surface area contributed by atoms with Gasteiger partial charge in [0.05, 0.1) is 0 Å². The molecule has 0 unspecified atom stereocenters. The van der Waals surface area contributed by atoms with Crippen LogP contribution in [0.15, 0.2) is 22.4 Å². The molecule has 0 spiro atoms. The smallest absolute Gasteiger partial charge is 0.239 e. The van der Waals surface area contributed by atoms with E-state index < -0.39 is 0 Å². The van der Waals surface area contributed by atoms with Crippen LogP contribution in [0.3, 0.4) is 0 Å². The Bertz CT molecular complexity index is 79.1. The number of nitrogens with zero attached hydrogens (tertiary/aromatic N) is 2. The second-order valence-electron chi connectivity index (χ2n) is 0.835. The summed E-state index contributed by atoms with van der Waals surface area (Å²) in [7, 11) is 0. The molecule has 0 N–H and O–H groups in total. The van der Waals surface area contributed by atoms with Gasteiger partial charge in [-0.15, -0.1) is 0 Å². The van der Waals surface area contributed by atoms with Gasteiger partial charge in [-0.25, -0.2) is 4.99 Å². The molecule has 36 valence electrons. The van der Waals surface area contributed by atoms with Crippen molar-refractivity contribution in [1.82, 2.24) is 0 Å². The van der Waals surface area contributed by atoms with E-state index in [1.165, 1.54) is 6.21 Å². The van der Waals surface area contributed by atoms with E-state index in [2.05, 4.69) is 16.2 Å². The predicted octanol–water partition coefficient (Wildman–Crippen LogP) is -2.51. The first kappa shape index (κ1) is 6.72. The molecule has 0 amide bonds. The minimum Gasteiger partial charge on any atom is -1.00 e. The molecule has 1 heterocycles. The molecule has 0 aromatic rings. The highest BCUT2D eigenvalue weighted by Gasteiger charge is 1.81. The maximum Gasteiger partial charge on any atom is 0.239 e. The number of halogens is 1. The van der Waals surface area contributed by atoms with Gasteiger partial charge in [0, 0.05) is 0 Å². The lowest BCUT2D eigenvalue weighted by Gasteiger charge is -1.63. The quantitative estimate of drug-likeness (QED) is 0.309. The highest BCUT2D eigenvalue weighted by molar-refractivity contribution is 6.16. The van der Waals surface area contributed by atoms with Crippen LogP contribution in [0.2, 0.25) is 0 Å². The monoisotopic (exact) mass is 206 g/mol. The van der Waals surface area contributed by atoms with E-state index in [0.717, 1.165) is 0 Å². The Morgan fingerprint density at radius 3 is 2.29 bits per heavy atom. The van der Waals surface area contributed by atoms with Crippen molar-refractivity contribution in [2.24, 2.45) is 9.98 Å². The fraction of sp³-hybridized carbons (Fsp3) is 0. The molecule has 0 bridgehead atoms. The predicted molar refractivity (Wildman–Crippen MR) is 25.1 cm³/mol. The highest BCUT2D eigenvalue weighted by Crippen LogP contribution is 1.77. The summed E-state index contributed by atoms with van der Waals surface area (Å²) >= 11 is 0. The van der Waals surface area contributed by atoms with Crippen LogP contribution in [-0.2, 0) is 0 Å².